The number of hydrogen-bond donors (Lipinski definition) is 1. The molecular weight excluding hydrogens is 156 g/mol. The van der Waals surface area contributed by atoms with Crippen molar-refractivity contribution in [2.75, 3.05) is 19.8 Å². The zero-order valence-electron chi connectivity index (χ0n) is 8.04. The summed E-state index contributed by atoms with van der Waals surface area (Å²) in [5.74, 6) is 0. The molecule has 1 rings (SSSR count). The van der Waals surface area contributed by atoms with Gasteiger partial charge in [0, 0.05) is 0 Å². The van der Waals surface area contributed by atoms with Crippen molar-refractivity contribution in [3.63, 3.8) is 0 Å². The highest BCUT2D eigenvalue weighted by Gasteiger charge is 2.32. The molecule has 72 valence electrons. The molecule has 0 aliphatic carbocycles. The lowest BCUT2D eigenvalue weighted by atomic mass is 9.86. The van der Waals surface area contributed by atoms with Gasteiger partial charge in [0.2, 0.25) is 0 Å². The Labute approximate surface area is 73.7 Å². The van der Waals surface area contributed by atoms with E-state index in [0.29, 0.717) is 19.8 Å². The minimum Gasteiger partial charge on any atom is -0.390 e. The molecule has 1 N–H and O–H groups in total. The van der Waals surface area contributed by atoms with Crippen LogP contribution in [0.25, 0.3) is 0 Å². The van der Waals surface area contributed by atoms with E-state index in [9.17, 15) is 5.11 Å². The Morgan fingerprint density at radius 3 is 2.42 bits per heavy atom. The van der Waals surface area contributed by atoms with Crippen molar-refractivity contribution in [1.29, 1.82) is 0 Å². The summed E-state index contributed by atoms with van der Waals surface area (Å²) in [6.07, 6.45) is -0.600. The highest BCUT2D eigenvalue weighted by Crippen LogP contribution is 2.24. The topological polar surface area (TPSA) is 38.7 Å². The maximum atomic E-state index is 9.81. The van der Waals surface area contributed by atoms with Gasteiger partial charge >= 0.3 is 0 Å². The van der Waals surface area contributed by atoms with Crippen LogP contribution in [0.1, 0.15) is 20.8 Å². The van der Waals surface area contributed by atoms with Gasteiger partial charge in [-0.1, -0.05) is 20.8 Å². The van der Waals surface area contributed by atoms with Gasteiger partial charge < -0.3 is 14.6 Å². The molecule has 0 saturated carbocycles. The number of aliphatic hydroxyl groups is 1. The van der Waals surface area contributed by atoms with Crippen molar-refractivity contribution in [2.24, 2.45) is 5.41 Å². The molecule has 3 heteroatoms. The second kappa shape index (κ2) is 3.73. The minimum atomic E-state index is -0.446. The molecule has 1 heterocycles. The van der Waals surface area contributed by atoms with Crippen LogP contribution < -0.4 is 0 Å². The standard InChI is InChI=1S/C9H18O3/c1-9(2,3)8(10)7-6-11-4-5-12-7/h7-8,10H,4-6H2,1-3H3. The van der Waals surface area contributed by atoms with Crippen LogP contribution in [0.5, 0.6) is 0 Å². The first-order valence-electron chi connectivity index (χ1n) is 4.39. The Morgan fingerprint density at radius 2 is 2.00 bits per heavy atom. The first-order valence-corrected chi connectivity index (χ1v) is 4.39. The van der Waals surface area contributed by atoms with Gasteiger partial charge in [0.15, 0.2) is 0 Å². The fourth-order valence-corrected chi connectivity index (χ4v) is 1.25. The van der Waals surface area contributed by atoms with Crippen LogP contribution in [-0.2, 0) is 9.47 Å². The average molecular weight is 174 g/mol. The van der Waals surface area contributed by atoms with Crippen molar-refractivity contribution in [3.05, 3.63) is 0 Å². The number of rotatable bonds is 1. The molecule has 0 aromatic rings. The van der Waals surface area contributed by atoms with E-state index in [1.807, 2.05) is 20.8 Å². The minimum absolute atomic E-state index is 0.134. The van der Waals surface area contributed by atoms with Crippen LogP contribution in [0, 0.1) is 5.41 Å². The van der Waals surface area contributed by atoms with Gasteiger partial charge in [0.05, 0.1) is 25.9 Å². The van der Waals surface area contributed by atoms with Gasteiger partial charge in [-0.25, -0.2) is 0 Å². The summed E-state index contributed by atoms with van der Waals surface area (Å²) in [5.41, 5.74) is -0.134. The van der Waals surface area contributed by atoms with Gasteiger partial charge in [-0.2, -0.15) is 0 Å². The molecule has 2 atom stereocenters. The molecule has 1 fully saturated rings. The van der Waals surface area contributed by atoms with E-state index in [1.54, 1.807) is 0 Å². The Bertz CT molecular complexity index is 133. The van der Waals surface area contributed by atoms with Crippen molar-refractivity contribution in [1.82, 2.24) is 0 Å². The Kier molecular flexibility index (Phi) is 3.09. The summed E-state index contributed by atoms with van der Waals surface area (Å²) in [4.78, 5) is 0. The van der Waals surface area contributed by atoms with E-state index in [4.69, 9.17) is 9.47 Å². The van der Waals surface area contributed by atoms with Crippen LogP contribution in [0.3, 0.4) is 0 Å². The van der Waals surface area contributed by atoms with Gasteiger partial charge in [-0.3, -0.25) is 0 Å². The predicted molar refractivity (Wildman–Crippen MR) is 46.0 cm³/mol. The van der Waals surface area contributed by atoms with Crippen molar-refractivity contribution >= 4 is 0 Å². The number of aliphatic hydroxyl groups excluding tert-OH is 1. The third kappa shape index (κ3) is 2.44. The van der Waals surface area contributed by atoms with E-state index in [0.717, 1.165) is 0 Å². The Balaban J connectivity index is 2.45. The SMILES string of the molecule is CC(C)(C)C(O)C1COCCO1. The summed E-state index contributed by atoms with van der Waals surface area (Å²) >= 11 is 0. The molecule has 0 spiro atoms. The number of ether oxygens (including phenoxy) is 2. The van der Waals surface area contributed by atoms with Crippen molar-refractivity contribution in [3.8, 4) is 0 Å². The van der Waals surface area contributed by atoms with Crippen LogP contribution in [0.2, 0.25) is 0 Å². The summed E-state index contributed by atoms with van der Waals surface area (Å²) in [5, 5.41) is 9.81. The summed E-state index contributed by atoms with van der Waals surface area (Å²) in [7, 11) is 0. The fraction of sp³-hybridized carbons (Fsp3) is 1.00. The molecule has 1 aliphatic heterocycles. The van der Waals surface area contributed by atoms with Crippen molar-refractivity contribution in [2.45, 2.75) is 33.0 Å². The molecule has 0 radical (unpaired) electrons. The van der Waals surface area contributed by atoms with Gasteiger partial charge in [0.1, 0.15) is 6.10 Å². The molecule has 0 bridgehead atoms. The molecule has 3 nitrogen and oxygen atoms in total. The van der Waals surface area contributed by atoms with Crippen LogP contribution >= 0.6 is 0 Å². The highest BCUT2D eigenvalue weighted by atomic mass is 16.6. The first-order chi connectivity index (χ1) is 5.52. The molecule has 0 aromatic carbocycles. The zero-order chi connectivity index (χ0) is 9.19. The maximum Gasteiger partial charge on any atom is 0.107 e. The molecule has 1 saturated heterocycles. The van der Waals surface area contributed by atoms with E-state index in [-0.39, 0.29) is 11.5 Å². The van der Waals surface area contributed by atoms with E-state index >= 15 is 0 Å². The van der Waals surface area contributed by atoms with Crippen LogP contribution in [0.4, 0.5) is 0 Å². The van der Waals surface area contributed by atoms with E-state index in [1.165, 1.54) is 0 Å². The largest absolute Gasteiger partial charge is 0.390 e. The van der Waals surface area contributed by atoms with Crippen LogP contribution in [-0.4, -0.2) is 37.1 Å². The van der Waals surface area contributed by atoms with E-state index < -0.39 is 6.10 Å². The Morgan fingerprint density at radius 1 is 1.33 bits per heavy atom. The first kappa shape index (κ1) is 9.96. The highest BCUT2D eigenvalue weighted by molar-refractivity contribution is 4.81. The third-order valence-corrected chi connectivity index (χ3v) is 2.08. The normalized spacial score (nSPS) is 28.5. The number of hydrogen-bond acceptors (Lipinski definition) is 3. The average Bonchev–Trinajstić information content (AvgIpc) is 2.03. The molecule has 0 amide bonds. The molecule has 12 heavy (non-hydrogen) atoms. The quantitative estimate of drug-likeness (QED) is 0.639. The maximum absolute atomic E-state index is 9.81. The third-order valence-electron chi connectivity index (χ3n) is 2.08. The van der Waals surface area contributed by atoms with Gasteiger partial charge in [-0.15, -0.1) is 0 Å². The second-order valence-corrected chi connectivity index (χ2v) is 4.30. The summed E-state index contributed by atoms with van der Waals surface area (Å²) < 4.78 is 10.6. The molecule has 1 aliphatic rings. The lowest BCUT2D eigenvalue weighted by molar-refractivity contribution is -0.154. The lowest BCUT2D eigenvalue weighted by Crippen LogP contribution is -2.45. The lowest BCUT2D eigenvalue weighted by Gasteiger charge is -2.34. The molecular formula is C9H18O3. The predicted octanol–water partition coefficient (Wildman–Crippen LogP) is 0.809. The van der Waals surface area contributed by atoms with E-state index in [2.05, 4.69) is 0 Å². The molecule has 0 aromatic heterocycles. The smallest absolute Gasteiger partial charge is 0.107 e. The fourth-order valence-electron chi connectivity index (χ4n) is 1.25. The van der Waals surface area contributed by atoms with Gasteiger partial charge in [-0.05, 0) is 5.41 Å². The zero-order valence-corrected chi connectivity index (χ0v) is 8.04. The summed E-state index contributed by atoms with van der Waals surface area (Å²) in [6, 6.07) is 0. The van der Waals surface area contributed by atoms with Crippen molar-refractivity contribution < 1.29 is 14.6 Å². The van der Waals surface area contributed by atoms with Crippen LogP contribution in [0.15, 0.2) is 0 Å². The second-order valence-electron chi connectivity index (χ2n) is 4.30. The summed E-state index contributed by atoms with van der Waals surface area (Å²) in [6.45, 7) is 7.74. The van der Waals surface area contributed by atoms with Gasteiger partial charge in [0.25, 0.3) is 0 Å². The Hall–Kier alpha value is -0.120. The monoisotopic (exact) mass is 174 g/mol. The molecule has 2 unspecified atom stereocenters.